The quantitative estimate of drug-likeness (QED) is 0.644. The van der Waals surface area contributed by atoms with Crippen LogP contribution < -0.4 is 9.88 Å². The monoisotopic (exact) mass is 175 g/mol. The lowest BCUT2D eigenvalue weighted by atomic mass is 10.0. The molecule has 0 radical (unpaired) electrons. The van der Waals surface area contributed by atoms with Gasteiger partial charge < -0.3 is 5.32 Å². The Morgan fingerprint density at radius 1 is 1.54 bits per heavy atom. The minimum absolute atomic E-state index is 1.04. The van der Waals surface area contributed by atoms with Crippen molar-refractivity contribution in [3.63, 3.8) is 0 Å². The van der Waals surface area contributed by atoms with Crippen molar-refractivity contribution in [2.24, 2.45) is 0 Å². The molecule has 1 aromatic heterocycles. The van der Waals surface area contributed by atoms with Gasteiger partial charge in [-0.25, -0.2) is 4.57 Å². The Kier molecular flexibility index (Phi) is 2.05. The molecule has 0 saturated carbocycles. The third kappa shape index (κ3) is 1.57. The molecule has 2 heteroatoms. The third-order valence-electron chi connectivity index (χ3n) is 2.47. The topological polar surface area (TPSA) is 15.9 Å². The predicted molar refractivity (Wildman–Crippen MR) is 53.4 cm³/mol. The molecule has 0 atom stereocenters. The van der Waals surface area contributed by atoms with Crippen LogP contribution in [-0.4, -0.2) is 0 Å². The maximum absolute atomic E-state index is 3.94. The van der Waals surface area contributed by atoms with Crippen LogP contribution in [0.5, 0.6) is 0 Å². The van der Waals surface area contributed by atoms with Crippen LogP contribution in [0.25, 0.3) is 0 Å². The molecule has 1 aromatic rings. The molecule has 0 aliphatic carbocycles. The number of aryl methyl sites for hydroxylation is 2. The molecule has 0 aromatic carbocycles. The van der Waals surface area contributed by atoms with Gasteiger partial charge in [-0.3, -0.25) is 0 Å². The lowest BCUT2D eigenvalue weighted by Crippen LogP contribution is -2.32. The summed E-state index contributed by atoms with van der Waals surface area (Å²) in [5, 5.41) is 3.30. The van der Waals surface area contributed by atoms with Gasteiger partial charge in [0.15, 0.2) is 12.4 Å². The molecule has 0 fully saturated rings. The first kappa shape index (κ1) is 8.30. The molecule has 1 aliphatic rings. The van der Waals surface area contributed by atoms with E-state index in [0.29, 0.717) is 0 Å². The van der Waals surface area contributed by atoms with E-state index >= 15 is 0 Å². The van der Waals surface area contributed by atoms with Crippen LogP contribution in [0.1, 0.15) is 18.9 Å². The zero-order chi connectivity index (χ0) is 9.26. The summed E-state index contributed by atoms with van der Waals surface area (Å²) in [7, 11) is 0. The van der Waals surface area contributed by atoms with Crippen LogP contribution >= 0.6 is 0 Å². The minimum Gasteiger partial charge on any atom is -0.359 e. The van der Waals surface area contributed by atoms with Crippen LogP contribution in [0.2, 0.25) is 0 Å². The summed E-state index contributed by atoms with van der Waals surface area (Å²) in [6.07, 6.45) is 6.49. The number of allylic oxidation sites excluding steroid dienone is 1. The van der Waals surface area contributed by atoms with Crippen LogP contribution in [0.15, 0.2) is 30.7 Å². The van der Waals surface area contributed by atoms with Crippen molar-refractivity contribution in [3.8, 4) is 0 Å². The second-order valence-corrected chi connectivity index (χ2v) is 3.44. The number of aromatic nitrogens is 1. The summed E-state index contributed by atoms with van der Waals surface area (Å²) >= 11 is 0. The molecule has 0 amide bonds. The number of nitrogens with zero attached hydrogens (tertiary/aromatic N) is 1. The molecule has 2 nitrogen and oxygen atoms in total. The van der Waals surface area contributed by atoms with Crippen LogP contribution in [0.3, 0.4) is 0 Å². The molecule has 0 unspecified atom stereocenters. The first-order valence-electron chi connectivity index (χ1n) is 4.76. The smallest absolute Gasteiger partial charge is 0.174 e. The lowest BCUT2D eigenvalue weighted by molar-refractivity contribution is -0.693. The Bertz CT molecular complexity index is 342. The molecule has 1 N–H and O–H groups in total. The van der Waals surface area contributed by atoms with Crippen LogP contribution in [-0.2, 0) is 13.0 Å². The standard InChI is InChI=1S/C11H14N2/c1-3-13-7-6-11-10(8-13)5-4-9(2)12-11/h6-8H,2-5H2,1H3/p+1. The third-order valence-corrected chi connectivity index (χ3v) is 2.47. The highest BCUT2D eigenvalue weighted by Gasteiger charge is 2.13. The van der Waals surface area contributed by atoms with Crippen LogP contribution in [0, 0.1) is 0 Å². The molecule has 1 aliphatic heterocycles. The second-order valence-electron chi connectivity index (χ2n) is 3.44. The van der Waals surface area contributed by atoms with Gasteiger partial charge in [-0.15, -0.1) is 0 Å². The highest BCUT2D eigenvalue weighted by molar-refractivity contribution is 5.55. The summed E-state index contributed by atoms with van der Waals surface area (Å²) in [6, 6.07) is 2.13. The molecular weight excluding hydrogens is 160 g/mol. The number of rotatable bonds is 1. The largest absolute Gasteiger partial charge is 0.359 e. The van der Waals surface area contributed by atoms with Gasteiger partial charge in [0, 0.05) is 17.3 Å². The van der Waals surface area contributed by atoms with Gasteiger partial charge in [-0.05, 0) is 19.8 Å². The maximum Gasteiger partial charge on any atom is 0.174 e. The zero-order valence-electron chi connectivity index (χ0n) is 8.01. The molecule has 68 valence electrons. The summed E-state index contributed by atoms with van der Waals surface area (Å²) < 4.78 is 2.20. The second kappa shape index (κ2) is 3.21. The first-order valence-corrected chi connectivity index (χ1v) is 4.76. The fraction of sp³-hybridized carbons (Fsp3) is 0.364. The van der Waals surface area contributed by atoms with E-state index in [-0.39, 0.29) is 0 Å². The maximum atomic E-state index is 3.94. The van der Waals surface area contributed by atoms with Gasteiger partial charge in [0.1, 0.15) is 6.54 Å². The molecule has 13 heavy (non-hydrogen) atoms. The fourth-order valence-electron chi connectivity index (χ4n) is 1.65. The molecule has 0 spiro atoms. The number of pyridine rings is 1. The Labute approximate surface area is 78.9 Å². The van der Waals surface area contributed by atoms with E-state index in [0.717, 1.165) is 25.1 Å². The molecule has 2 rings (SSSR count). The van der Waals surface area contributed by atoms with Gasteiger partial charge >= 0.3 is 0 Å². The van der Waals surface area contributed by atoms with E-state index in [4.69, 9.17) is 0 Å². The van der Waals surface area contributed by atoms with Crippen molar-refractivity contribution in [3.05, 3.63) is 36.3 Å². The van der Waals surface area contributed by atoms with Crippen molar-refractivity contribution in [1.82, 2.24) is 0 Å². The van der Waals surface area contributed by atoms with E-state index in [9.17, 15) is 0 Å². The van der Waals surface area contributed by atoms with E-state index in [2.05, 4.69) is 41.8 Å². The fourth-order valence-corrected chi connectivity index (χ4v) is 1.65. The van der Waals surface area contributed by atoms with Crippen molar-refractivity contribution in [1.29, 1.82) is 0 Å². The SMILES string of the molecule is C=C1CCc2c[n+](CC)ccc2N1. The van der Waals surface area contributed by atoms with Gasteiger partial charge in [-0.2, -0.15) is 0 Å². The Balaban J connectivity index is 2.36. The number of hydrogen-bond donors (Lipinski definition) is 1. The summed E-state index contributed by atoms with van der Waals surface area (Å²) in [6.45, 7) is 7.13. The number of hydrogen-bond acceptors (Lipinski definition) is 1. The summed E-state index contributed by atoms with van der Waals surface area (Å²) in [5.74, 6) is 0. The number of nitrogens with one attached hydrogen (secondary N) is 1. The molecular formula is C11H15N2+. The van der Waals surface area contributed by atoms with E-state index in [1.165, 1.54) is 11.3 Å². The molecule has 2 heterocycles. The van der Waals surface area contributed by atoms with Gasteiger partial charge in [0.05, 0.1) is 5.69 Å². The normalized spacial score (nSPS) is 15.0. The summed E-state index contributed by atoms with van der Waals surface area (Å²) in [5.41, 5.74) is 3.75. The molecule has 0 bridgehead atoms. The Morgan fingerprint density at radius 3 is 3.15 bits per heavy atom. The predicted octanol–water partition coefficient (Wildman–Crippen LogP) is 1.87. The Morgan fingerprint density at radius 2 is 2.38 bits per heavy atom. The number of anilines is 1. The Hall–Kier alpha value is -1.31. The lowest BCUT2D eigenvalue weighted by Gasteiger charge is -2.18. The van der Waals surface area contributed by atoms with Crippen molar-refractivity contribution < 1.29 is 4.57 Å². The summed E-state index contributed by atoms with van der Waals surface area (Å²) in [4.78, 5) is 0. The van der Waals surface area contributed by atoms with Crippen molar-refractivity contribution in [2.45, 2.75) is 26.3 Å². The minimum atomic E-state index is 1.04. The van der Waals surface area contributed by atoms with E-state index in [1.807, 2.05) is 0 Å². The van der Waals surface area contributed by atoms with Gasteiger partial charge in [-0.1, -0.05) is 6.58 Å². The van der Waals surface area contributed by atoms with Crippen LogP contribution in [0.4, 0.5) is 5.69 Å². The van der Waals surface area contributed by atoms with Crippen molar-refractivity contribution >= 4 is 5.69 Å². The average Bonchev–Trinajstić information content (AvgIpc) is 2.17. The van der Waals surface area contributed by atoms with Crippen molar-refractivity contribution in [2.75, 3.05) is 5.32 Å². The highest BCUT2D eigenvalue weighted by Crippen LogP contribution is 2.23. The highest BCUT2D eigenvalue weighted by atomic mass is 15.0. The average molecular weight is 175 g/mol. The van der Waals surface area contributed by atoms with Gasteiger partial charge in [0.25, 0.3) is 0 Å². The number of fused-ring (bicyclic) bond motifs is 1. The van der Waals surface area contributed by atoms with E-state index in [1.54, 1.807) is 0 Å². The zero-order valence-corrected chi connectivity index (χ0v) is 8.01. The first-order chi connectivity index (χ1) is 6.29. The van der Waals surface area contributed by atoms with Gasteiger partial charge in [0.2, 0.25) is 0 Å². The van der Waals surface area contributed by atoms with E-state index < -0.39 is 0 Å². The molecule has 0 saturated heterocycles.